The Morgan fingerprint density at radius 2 is 0.957 bits per heavy atom. The fourth-order valence-electron chi connectivity index (χ4n) is 13.7. The molecule has 0 aliphatic heterocycles. The van der Waals surface area contributed by atoms with Gasteiger partial charge in [-0.25, -0.2) is 0 Å². The molecule has 0 atom stereocenters. The van der Waals surface area contributed by atoms with Crippen molar-refractivity contribution in [3.63, 3.8) is 0 Å². The van der Waals surface area contributed by atoms with Gasteiger partial charge in [0.2, 0.25) is 0 Å². The van der Waals surface area contributed by atoms with Gasteiger partial charge in [-0.2, -0.15) is 0 Å². The number of rotatable bonds is 10. The number of anilines is 5. The number of allylic oxidation sites excluding steroid dienone is 1. The first-order chi connectivity index (χ1) is 34.0. The molecule has 0 amide bonds. The largest absolute Gasteiger partial charge is 0.310 e. The Bertz CT molecular complexity index is 3400. The third-order valence-corrected chi connectivity index (χ3v) is 16.5. The summed E-state index contributed by atoms with van der Waals surface area (Å²) in [6.45, 7) is 6.80. The first-order valence-electron chi connectivity index (χ1n) is 25.1. The van der Waals surface area contributed by atoms with Gasteiger partial charge in [0, 0.05) is 39.5 Å². The molecule has 2 heteroatoms. The second-order valence-corrected chi connectivity index (χ2v) is 20.3. The number of fused-ring (bicyclic) bond motifs is 4. The van der Waals surface area contributed by atoms with Gasteiger partial charge in [-0.05, 0) is 220 Å². The predicted octanol–water partition coefficient (Wildman–Crippen LogP) is 18.0. The van der Waals surface area contributed by atoms with Gasteiger partial charge in [0.25, 0.3) is 0 Å². The van der Waals surface area contributed by atoms with Crippen molar-refractivity contribution in [1.29, 1.82) is 0 Å². The smallest absolute Gasteiger partial charge is 0.0468 e. The van der Waals surface area contributed by atoms with Crippen LogP contribution in [0.1, 0.15) is 54.4 Å². The van der Waals surface area contributed by atoms with Gasteiger partial charge in [-0.15, -0.1) is 0 Å². The van der Waals surface area contributed by atoms with Gasteiger partial charge in [-0.1, -0.05) is 140 Å². The molecule has 0 radical (unpaired) electrons. The van der Waals surface area contributed by atoms with Crippen LogP contribution in [0.5, 0.6) is 0 Å². The van der Waals surface area contributed by atoms with Crippen molar-refractivity contribution < 1.29 is 0 Å². The Morgan fingerprint density at radius 3 is 1.58 bits per heavy atom. The van der Waals surface area contributed by atoms with Gasteiger partial charge in [0.15, 0.2) is 0 Å². The van der Waals surface area contributed by atoms with Crippen LogP contribution in [0.25, 0.3) is 50.2 Å². The predicted molar refractivity (Wildman–Crippen MR) is 291 cm³/mol. The average Bonchev–Trinajstić information content (AvgIpc) is 3.66. The molecule has 5 aliphatic rings. The molecule has 9 aromatic carbocycles. The lowest BCUT2D eigenvalue weighted by Crippen LogP contribution is -2.55. The lowest BCUT2D eigenvalue weighted by Gasteiger charge is -2.61. The number of hydrogen-bond acceptors (Lipinski definition) is 2. The number of para-hydroxylation sites is 2. The molecule has 9 aromatic rings. The molecule has 1 spiro atoms. The molecule has 0 N–H and O–H groups in total. The summed E-state index contributed by atoms with van der Waals surface area (Å²) in [6.07, 6.45) is 11.2. The summed E-state index contributed by atoms with van der Waals surface area (Å²) in [5, 5.41) is 2.61. The van der Waals surface area contributed by atoms with Crippen molar-refractivity contribution in [2.45, 2.75) is 44.4 Å². The zero-order valence-electron chi connectivity index (χ0n) is 39.3. The number of benzene rings is 9. The number of hydrogen-bond donors (Lipinski definition) is 0. The first-order valence-corrected chi connectivity index (χ1v) is 25.1. The van der Waals surface area contributed by atoms with Gasteiger partial charge in [-0.3, -0.25) is 0 Å². The van der Waals surface area contributed by atoms with E-state index < -0.39 is 0 Å². The highest BCUT2D eigenvalue weighted by Crippen LogP contribution is 2.70. The standard InChI is InChI=1S/C67H56N2/c1-3-57(68(58-24-12-6-13-25-58)60-28-16-22-50(38-60)48-18-8-4-9-19-48)40-53-43-65-63(32-45(53)2)64-42-52-30-31-62(41-54(52)44-66(64)67(65)55-34-46-33-47(36-55)37-56(67)35-46)69(59-26-14-7-15-27-59)61-29-17-23-51(39-61)49-20-10-5-11-21-49/h3-32,38-44,46-47,55-56H,1,33-37H2,2H3/b57-40+. The van der Waals surface area contributed by atoms with Crippen LogP contribution in [0.15, 0.2) is 231 Å². The Morgan fingerprint density at radius 1 is 0.449 bits per heavy atom. The van der Waals surface area contributed by atoms with E-state index in [-0.39, 0.29) is 5.41 Å². The molecule has 4 bridgehead atoms. The zero-order chi connectivity index (χ0) is 46.1. The monoisotopic (exact) mass is 888 g/mol. The number of aryl methyl sites for hydroxylation is 1. The molecule has 0 heterocycles. The zero-order valence-corrected chi connectivity index (χ0v) is 39.3. The van der Waals surface area contributed by atoms with Crippen LogP contribution in [-0.4, -0.2) is 0 Å². The van der Waals surface area contributed by atoms with E-state index in [9.17, 15) is 0 Å². The van der Waals surface area contributed by atoms with E-state index in [1.165, 1.54) is 93.1 Å². The van der Waals surface area contributed by atoms with E-state index in [0.717, 1.165) is 40.3 Å². The summed E-state index contributed by atoms with van der Waals surface area (Å²) in [5.41, 5.74) is 20.1. The fraction of sp³-hybridized carbons (Fsp3) is 0.164. The van der Waals surface area contributed by atoms with Crippen molar-refractivity contribution in [1.82, 2.24) is 0 Å². The molecule has 0 aromatic heterocycles. The molecular formula is C67H56N2. The Balaban J connectivity index is 0.958. The van der Waals surface area contributed by atoms with Crippen LogP contribution in [0, 0.1) is 30.6 Å². The maximum absolute atomic E-state index is 4.48. The first kappa shape index (κ1) is 41.5. The maximum atomic E-state index is 4.48. The van der Waals surface area contributed by atoms with Crippen LogP contribution in [-0.2, 0) is 5.41 Å². The van der Waals surface area contributed by atoms with Crippen LogP contribution < -0.4 is 9.80 Å². The van der Waals surface area contributed by atoms with Gasteiger partial charge in [0.1, 0.15) is 0 Å². The quantitative estimate of drug-likeness (QED) is 0.126. The van der Waals surface area contributed by atoms with Gasteiger partial charge in [0.05, 0.1) is 0 Å². The normalized spacial score (nSPS) is 20.7. The molecule has 0 unspecified atom stereocenters. The Labute approximate surface area is 407 Å². The summed E-state index contributed by atoms with van der Waals surface area (Å²) < 4.78 is 0. The molecular weight excluding hydrogens is 833 g/mol. The summed E-state index contributed by atoms with van der Waals surface area (Å²) in [4.78, 5) is 4.81. The molecule has 334 valence electrons. The number of nitrogens with zero attached hydrogens (tertiary/aromatic N) is 2. The summed E-state index contributed by atoms with van der Waals surface area (Å²) in [6, 6.07) is 78.5. The van der Waals surface area contributed by atoms with E-state index in [1.54, 1.807) is 11.1 Å². The molecule has 14 rings (SSSR count). The molecule has 4 saturated carbocycles. The van der Waals surface area contributed by atoms with Crippen LogP contribution in [0.4, 0.5) is 28.4 Å². The van der Waals surface area contributed by atoms with Crippen LogP contribution >= 0.6 is 0 Å². The minimum Gasteiger partial charge on any atom is -0.310 e. The van der Waals surface area contributed by atoms with Gasteiger partial charge < -0.3 is 9.80 Å². The molecule has 69 heavy (non-hydrogen) atoms. The van der Waals surface area contributed by atoms with Crippen molar-refractivity contribution in [2.75, 3.05) is 9.80 Å². The highest BCUT2D eigenvalue weighted by molar-refractivity contribution is 5.97. The summed E-state index contributed by atoms with van der Waals surface area (Å²) in [7, 11) is 0. The fourth-order valence-corrected chi connectivity index (χ4v) is 13.7. The minimum atomic E-state index is -0.0147. The Hall–Kier alpha value is -7.68. The van der Waals surface area contributed by atoms with Gasteiger partial charge >= 0.3 is 0 Å². The third-order valence-electron chi connectivity index (χ3n) is 16.5. The van der Waals surface area contributed by atoms with Crippen LogP contribution in [0.2, 0.25) is 0 Å². The third kappa shape index (κ3) is 6.99. The summed E-state index contributed by atoms with van der Waals surface area (Å²) in [5.74, 6) is 2.98. The highest BCUT2D eigenvalue weighted by atomic mass is 15.1. The highest BCUT2D eigenvalue weighted by Gasteiger charge is 2.61. The van der Waals surface area contributed by atoms with Crippen LogP contribution in [0.3, 0.4) is 0 Å². The van der Waals surface area contributed by atoms with E-state index in [2.05, 4.69) is 242 Å². The van der Waals surface area contributed by atoms with E-state index in [0.29, 0.717) is 11.8 Å². The Kier molecular flexibility index (Phi) is 10.1. The van der Waals surface area contributed by atoms with Crippen molar-refractivity contribution in [2.24, 2.45) is 23.7 Å². The maximum Gasteiger partial charge on any atom is 0.0468 e. The molecule has 4 fully saturated rings. The SMILES string of the molecule is C=C/C(=C\c1cc2c(cc1C)-c1cc3ccc(N(c4ccccc4)c4cccc(-c5ccccc5)c4)cc3cc1C21C2CC3CC(C2)CC1C3)N(c1ccccc1)c1cccc(-c2ccccc2)c1. The lowest BCUT2D eigenvalue weighted by molar-refractivity contribution is -0.0399. The lowest BCUT2D eigenvalue weighted by atomic mass is 9.43. The topological polar surface area (TPSA) is 6.48 Å². The minimum absolute atomic E-state index is 0.0147. The second kappa shape index (κ2) is 16.8. The van der Waals surface area contributed by atoms with Crippen molar-refractivity contribution in [3.8, 4) is 33.4 Å². The van der Waals surface area contributed by atoms with E-state index in [1.807, 2.05) is 6.08 Å². The molecule has 0 saturated heterocycles. The van der Waals surface area contributed by atoms with E-state index >= 15 is 0 Å². The molecule has 5 aliphatic carbocycles. The second-order valence-electron chi connectivity index (χ2n) is 20.3. The average molecular weight is 889 g/mol. The van der Waals surface area contributed by atoms with Crippen molar-refractivity contribution in [3.05, 3.63) is 253 Å². The summed E-state index contributed by atoms with van der Waals surface area (Å²) >= 11 is 0. The van der Waals surface area contributed by atoms with Crippen molar-refractivity contribution >= 4 is 45.3 Å². The molecule has 2 nitrogen and oxygen atoms in total. The van der Waals surface area contributed by atoms with E-state index in [4.69, 9.17) is 0 Å².